The molecular formula is C17H32N4O2. The molecule has 23 heavy (non-hydrogen) atoms. The first-order chi connectivity index (χ1) is 11.1. The van der Waals surface area contributed by atoms with Crippen molar-refractivity contribution < 1.29 is 9.47 Å². The molecule has 3 aliphatic rings. The van der Waals surface area contributed by atoms with Crippen molar-refractivity contribution in [3.05, 3.63) is 0 Å². The van der Waals surface area contributed by atoms with E-state index in [0.29, 0.717) is 30.5 Å². The standard InChI is InChI=1S/C17H32N4O2/c1-12-10-21(11-13(2)22-12)8-4-7-19-17(18-3)20-15-9-14-5-6-16(15)23-14/h12-16H,4-11H2,1-3H3,(H2,18,19,20). The van der Waals surface area contributed by atoms with Crippen LogP contribution in [-0.2, 0) is 9.47 Å². The van der Waals surface area contributed by atoms with Crippen molar-refractivity contribution in [3.63, 3.8) is 0 Å². The van der Waals surface area contributed by atoms with Crippen LogP contribution in [0.3, 0.4) is 0 Å². The third kappa shape index (κ3) is 4.58. The zero-order valence-electron chi connectivity index (χ0n) is 14.8. The van der Waals surface area contributed by atoms with Crippen LogP contribution in [0.5, 0.6) is 0 Å². The third-order valence-electron chi connectivity index (χ3n) is 5.09. The van der Waals surface area contributed by atoms with E-state index in [1.54, 1.807) is 0 Å². The average Bonchev–Trinajstić information content (AvgIpc) is 3.12. The molecule has 5 atom stereocenters. The molecule has 0 spiro atoms. The predicted molar refractivity (Wildman–Crippen MR) is 91.9 cm³/mol. The molecule has 5 unspecified atom stereocenters. The lowest BCUT2D eigenvalue weighted by molar-refractivity contribution is -0.0679. The first kappa shape index (κ1) is 17.0. The predicted octanol–water partition coefficient (Wildman–Crippen LogP) is 0.971. The summed E-state index contributed by atoms with van der Waals surface area (Å²) >= 11 is 0. The van der Waals surface area contributed by atoms with Gasteiger partial charge in [0.25, 0.3) is 0 Å². The summed E-state index contributed by atoms with van der Waals surface area (Å²) in [5, 5.41) is 6.97. The molecule has 2 bridgehead atoms. The monoisotopic (exact) mass is 324 g/mol. The average molecular weight is 324 g/mol. The molecule has 6 heteroatoms. The van der Waals surface area contributed by atoms with Crippen molar-refractivity contribution in [1.82, 2.24) is 15.5 Å². The van der Waals surface area contributed by atoms with Gasteiger partial charge in [-0.1, -0.05) is 0 Å². The van der Waals surface area contributed by atoms with Gasteiger partial charge in [-0.25, -0.2) is 0 Å². The van der Waals surface area contributed by atoms with Crippen molar-refractivity contribution >= 4 is 5.96 Å². The zero-order valence-corrected chi connectivity index (χ0v) is 14.8. The molecule has 6 nitrogen and oxygen atoms in total. The summed E-state index contributed by atoms with van der Waals surface area (Å²) in [7, 11) is 1.84. The van der Waals surface area contributed by atoms with Crippen LogP contribution in [0.25, 0.3) is 0 Å². The second-order valence-corrected chi connectivity index (χ2v) is 7.23. The number of ether oxygens (including phenoxy) is 2. The summed E-state index contributed by atoms with van der Waals surface area (Å²) in [5.74, 6) is 0.912. The Hall–Kier alpha value is -0.850. The lowest BCUT2D eigenvalue weighted by Crippen LogP contribution is -2.48. The number of morpholine rings is 1. The Morgan fingerprint density at radius 2 is 1.96 bits per heavy atom. The van der Waals surface area contributed by atoms with Gasteiger partial charge in [0, 0.05) is 33.2 Å². The molecule has 3 saturated heterocycles. The van der Waals surface area contributed by atoms with Gasteiger partial charge in [-0.2, -0.15) is 0 Å². The van der Waals surface area contributed by atoms with E-state index in [4.69, 9.17) is 9.47 Å². The number of nitrogens with zero attached hydrogens (tertiary/aromatic N) is 2. The maximum Gasteiger partial charge on any atom is 0.191 e. The Morgan fingerprint density at radius 3 is 2.57 bits per heavy atom. The third-order valence-corrected chi connectivity index (χ3v) is 5.09. The summed E-state index contributed by atoms with van der Waals surface area (Å²) < 4.78 is 11.7. The van der Waals surface area contributed by atoms with E-state index in [1.165, 1.54) is 12.8 Å². The number of hydrogen-bond acceptors (Lipinski definition) is 4. The normalized spacial score (nSPS) is 38.0. The summed E-state index contributed by atoms with van der Waals surface area (Å²) in [6.07, 6.45) is 6.20. The van der Waals surface area contributed by atoms with E-state index >= 15 is 0 Å². The molecule has 132 valence electrons. The van der Waals surface area contributed by atoms with E-state index in [0.717, 1.165) is 45.0 Å². The lowest BCUT2D eigenvalue weighted by atomic mass is 9.96. The van der Waals surface area contributed by atoms with Gasteiger partial charge in [-0.3, -0.25) is 9.89 Å². The zero-order chi connectivity index (χ0) is 16.2. The Balaban J connectivity index is 1.33. The SMILES string of the molecule is CN=C(NCCCN1CC(C)OC(C)C1)NC1CC2CCC1O2. The van der Waals surface area contributed by atoms with Crippen LogP contribution in [0.15, 0.2) is 4.99 Å². The van der Waals surface area contributed by atoms with Crippen LogP contribution in [0.1, 0.15) is 39.5 Å². The molecule has 0 aromatic carbocycles. The molecule has 0 saturated carbocycles. The fourth-order valence-electron chi connectivity index (χ4n) is 4.14. The molecule has 3 rings (SSSR count). The highest BCUT2D eigenvalue weighted by atomic mass is 16.5. The van der Waals surface area contributed by atoms with Crippen LogP contribution in [0, 0.1) is 0 Å². The summed E-state index contributed by atoms with van der Waals surface area (Å²) in [4.78, 5) is 6.85. The minimum atomic E-state index is 0.346. The summed E-state index contributed by atoms with van der Waals surface area (Å²) in [5.41, 5.74) is 0. The van der Waals surface area contributed by atoms with E-state index in [9.17, 15) is 0 Å². The second-order valence-electron chi connectivity index (χ2n) is 7.23. The van der Waals surface area contributed by atoms with Crippen molar-refractivity contribution in [2.75, 3.05) is 33.2 Å². The minimum Gasteiger partial charge on any atom is -0.373 e. The molecule has 3 fully saturated rings. The van der Waals surface area contributed by atoms with Gasteiger partial charge in [-0.15, -0.1) is 0 Å². The van der Waals surface area contributed by atoms with E-state index in [-0.39, 0.29) is 0 Å². The maximum atomic E-state index is 5.89. The largest absolute Gasteiger partial charge is 0.373 e. The molecule has 0 aliphatic carbocycles. The Labute approximate surface area is 140 Å². The molecule has 3 heterocycles. The van der Waals surface area contributed by atoms with Gasteiger partial charge in [0.15, 0.2) is 5.96 Å². The first-order valence-corrected chi connectivity index (χ1v) is 9.14. The molecule has 2 N–H and O–H groups in total. The van der Waals surface area contributed by atoms with Gasteiger partial charge in [0.05, 0.1) is 30.5 Å². The fraction of sp³-hybridized carbons (Fsp3) is 0.941. The summed E-state index contributed by atoms with van der Waals surface area (Å²) in [6, 6.07) is 0.431. The van der Waals surface area contributed by atoms with Gasteiger partial charge >= 0.3 is 0 Å². The molecular weight excluding hydrogens is 292 g/mol. The number of hydrogen-bond donors (Lipinski definition) is 2. The first-order valence-electron chi connectivity index (χ1n) is 9.14. The smallest absolute Gasteiger partial charge is 0.191 e. The van der Waals surface area contributed by atoms with Gasteiger partial charge in [0.1, 0.15) is 0 Å². The van der Waals surface area contributed by atoms with Crippen molar-refractivity contribution in [2.45, 2.75) is 70.0 Å². The second kappa shape index (κ2) is 7.81. The van der Waals surface area contributed by atoms with E-state index in [2.05, 4.69) is 34.4 Å². The molecule has 0 aromatic heterocycles. The lowest BCUT2D eigenvalue weighted by Gasteiger charge is -2.35. The number of nitrogens with one attached hydrogen (secondary N) is 2. The number of aliphatic imine (C=N–C) groups is 1. The number of guanidine groups is 1. The molecule has 0 aromatic rings. The Kier molecular flexibility index (Phi) is 5.77. The fourth-order valence-corrected chi connectivity index (χ4v) is 4.14. The Morgan fingerprint density at radius 1 is 1.17 bits per heavy atom. The van der Waals surface area contributed by atoms with Gasteiger partial charge < -0.3 is 20.1 Å². The highest BCUT2D eigenvalue weighted by Crippen LogP contribution is 2.34. The van der Waals surface area contributed by atoms with Crippen LogP contribution in [-0.4, -0.2) is 74.5 Å². The molecule has 3 aliphatic heterocycles. The maximum absolute atomic E-state index is 5.89. The highest BCUT2D eigenvalue weighted by molar-refractivity contribution is 5.80. The van der Waals surface area contributed by atoms with Crippen LogP contribution in [0.2, 0.25) is 0 Å². The van der Waals surface area contributed by atoms with E-state index in [1.807, 2.05) is 7.05 Å². The van der Waals surface area contributed by atoms with Crippen molar-refractivity contribution in [2.24, 2.45) is 4.99 Å². The van der Waals surface area contributed by atoms with Crippen LogP contribution in [0.4, 0.5) is 0 Å². The van der Waals surface area contributed by atoms with E-state index < -0.39 is 0 Å². The highest BCUT2D eigenvalue weighted by Gasteiger charge is 2.41. The minimum absolute atomic E-state index is 0.346. The van der Waals surface area contributed by atoms with Crippen molar-refractivity contribution in [1.29, 1.82) is 0 Å². The quantitative estimate of drug-likeness (QED) is 0.448. The van der Waals surface area contributed by atoms with Crippen LogP contribution >= 0.6 is 0 Å². The number of rotatable bonds is 5. The molecule has 0 amide bonds. The Bertz CT molecular complexity index is 407. The summed E-state index contributed by atoms with van der Waals surface area (Å²) in [6.45, 7) is 8.45. The topological polar surface area (TPSA) is 58.1 Å². The van der Waals surface area contributed by atoms with Crippen LogP contribution < -0.4 is 10.6 Å². The van der Waals surface area contributed by atoms with Gasteiger partial charge in [-0.05, 0) is 39.5 Å². The van der Waals surface area contributed by atoms with Crippen molar-refractivity contribution in [3.8, 4) is 0 Å². The van der Waals surface area contributed by atoms with Gasteiger partial charge in [0.2, 0.25) is 0 Å². The molecule has 0 radical (unpaired) electrons. The number of fused-ring (bicyclic) bond motifs is 2.